The number of nitrogens with one attached hydrogen (secondary N) is 1. The third kappa shape index (κ3) is 3.04. The smallest absolute Gasteiger partial charge is 0.239 e. The number of carbonyl (C=O) groups is 2. The summed E-state index contributed by atoms with van der Waals surface area (Å²) in [7, 11) is 0. The Balaban J connectivity index is 1.40. The molecule has 1 aromatic heterocycles. The number of aryl methyl sites for hydroxylation is 2. The Labute approximate surface area is 146 Å². The highest BCUT2D eigenvalue weighted by molar-refractivity contribution is 6.09. The van der Waals surface area contributed by atoms with Crippen LogP contribution in [0, 0.1) is 12.8 Å². The van der Waals surface area contributed by atoms with E-state index in [1.165, 1.54) is 0 Å². The molecule has 2 amide bonds. The van der Waals surface area contributed by atoms with Crippen molar-refractivity contribution in [1.82, 2.24) is 14.9 Å². The highest BCUT2D eigenvalue weighted by Crippen LogP contribution is 2.26. The van der Waals surface area contributed by atoms with Gasteiger partial charge in [0.2, 0.25) is 11.8 Å². The number of nitrogens with zero attached hydrogens (tertiary/aromatic N) is 3. The van der Waals surface area contributed by atoms with E-state index < -0.39 is 5.92 Å². The molecular formula is C19H22N4O2. The molecule has 0 radical (unpaired) electrons. The molecule has 0 saturated carbocycles. The third-order valence-electron chi connectivity index (χ3n) is 5.15. The fourth-order valence-corrected chi connectivity index (χ4v) is 3.69. The predicted molar refractivity (Wildman–Crippen MR) is 94.1 cm³/mol. The zero-order chi connectivity index (χ0) is 17.4. The zero-order valence-electron chi connectivity index (χ0n) is 14.3. The minimum Gasteiger partial charge on any atom is -0.351 e. The van der Waals surface area contributed by atoms with Gasteiger partial charge in [-0.05, 0) is 31.9 Å². The number of aromatic nitrogens is 2. The number of carbonyl (C=O) groups excluding carboxylic acids is 2. The van der Waals surface area contributed by atoms with Crippen LogP contribution in [0.5, 0.6) is 0 Å². The van der Waals surface area contributed by atoms with Gasteiger partial charge in [-0.2, -0.15) is 0 Å². The van der Waals surface area contributed by atoms with Gasteiger partial charge in [0.15, 0.2) is 0 Å². The number of benzene rings is 1. The Morgan fingerprint density at radius 3 is 2.84 bits per heavy atom. The van der Waals surface area contributed by atoms with E-state index in [0.29, 0.717) is 13.0 Å². The van der Waals surface area contributed by atoms with E-state index >= 15 is 0 Å². The maximum Gasteiger partial charge on any atom is 0.239 e. The average molecular weight is 338 g/mol. The van der Waals surface area contributed by atoms with Crippen LogP contribution in [0.4, 0.5) is 5.69 Å². The molecule has 25 heavy (non-hydrogen) atoms. The molecule has 130 valence electrons. The maximum absolute atomic E-state index is 12.7. The van der Waals surface area contributed by atoms with Gasteiger partial charge in [-0.15, -0.1) is 0 Å². The van der Waals surface area contributed by atoms with Crippen molar-refractivity contribution in [2.45, 2.75) is 38.8 Å². The summed E-state index contributed by atoms with van der Waals surface area (Å²) < 4.78 is 2.07. The first-order valence-electron chi connectivity index (χ1n) is 8.80. The summed E-state index contributed by atoms with van der Waals surface area (Å²) in [5.41, 5.74) is 2.02. The van der Waals surface area contributed by atoms with Crippen LogP contribution in [0.15, 0.2) is 36.7 Å². The lowest BCUT2D eigenvalue weighted by Crippen LogP contribution is -2.45. The van der Waals surface area contributed by atoms with Gasteiger partial charge in [-0.25, -0.2) is 4.98 Å². The summed E-state index contributed by atoms with van der Waals surface area (Å²) in [6, 6.07) is 7.92. The summed E-state index contributed by atoms with van der Waals surface area (Å²) in [5.74, 6) is 0.243. The van der Waals surface area contributed by atoms with E-state index in [4.69, 9.17) is 0 Å². The Bertz CT molecular complexity index is 796. The second-order valence-electron chi connectivity index (χ2n) is 6.91. The molecule has 0 unspecified atom stereocenters. The molecule has 0 aliphatic carbocycles. The molecule has 1 fully saturated rings. The minimum atomic E-state index is -0.578. The van der Waals surface area contributed by atoms with Gasteiger partial charge >= 0.3 is 0 Å². The molecule has 2 aliphatic heterocycles. The molecule has 6 heteroatoms. The van der Waals surface area contributed by atoms with Crippen molar-refractivity contribution < 1.29 is 9.59 Å². The summed E-state index contributed by atoms with van der Waals surface area (Å²) in [6.45, 7) is 3.33. The van der Waals surface area contributed by atoms with E-state index in [2.05, 4.69) is 14.9 Å². The maximum atomic E-state index is 12.7. The first-order chi connectivity index (χ1) is 12.1. The molecule has 4 rings (SSSR count). The molecule has 1 N–H and O–H groups in total. The van der Waals surface area contributed by atoms with Crippen molar-refractivity contribution in [2.24, 2.45) is 5.92 Å². The van der Waals surface area contributed by atoms with Crippen LogP contribution >= 0.6 is 0 Å². The van der Waals surface area contributed by atoms with Gasteiger partial charge in [0, 0.05) is 43.6 Å². The number of amides is 2. The lowest BCUT2D eigenvalue weighted by atomic mass is 10.0. The Kier molecular flexibility index (Phi) is 4.03. The van der Waals surface area contributed by atoms with Crippen LogP contribution in [0.25, 0.3) is 0 Å². The second kappa shape index (κ2) is 6.35. The summed E-state index contributed by atoms with van der Waals surface area (Å²) >= 11 is 0. The van der Waals surface area contributed by atoms with Crippen molar-refractivity contribution in [1.29, 1.82) is 0 Å². The minimum absolute atomic E-state index is 0.0652. The Morgan fingerprint density at radius 2 is 2.04 bits per heavy atom. The fourth-order valence-electron chi connectivity index (χ4n) is 3.69. The van der Waals surface area contributed by atoms with Gasteiger partial charge in [0.05, 0.1) is 0 Å². The normalized spacial score (nSPS) is 22.8. The number of fused-ring (bicyclic) bond motifs is 1. The molecule has 6 nitrogen and oxygen atoms in total. The Morgan fingerprint density at radius 1 is 1.24 bits per heavy atom. The Hall–Kier alpha value is -2.63. The average Bonchev–Trinajstić information content (AvgIpc) is 3.21. The van der Waals surface area contributed by atoms with E-state index in [9.17, 15) is 9.59 Å². The second-order valence-corrected chi connectivity index (χ2v) is 6.91. The fraction of sp³-hybridized carbons (Fsp3) is 0.421. The largest absolute Gasteiger partial charge is 0.351 e. The summed E-state index contributed by atoms with van der Waals surface area (Å²) in [5, 5.41) is 3.07. The van der Waals surface area contributed by atoms with Crippen LogP contribution in [0.1, 0.15) is 24.2 Å². The molecule has 1 aromatic carbocycles. The van der Waals surface area contributed by atoms with Crippen molar-refractivity contribution in [3.8, 4) is 0 Å². The monoisotopic (exact) mass is 338 g/mol. The standard InChI is InChI=1S/C19H22N4O2/c1-13-2-5-15(6-3-13)23-10-8-16(19(23)25)18(24)21-14-4-7-17-20-9-11-22(17)12-14/h2-3,5-6,9,11,14,16H,4,7-8,10,12H2,1H3,(H,21,24)/t14-,16-/m0/s1. The van der Waals surface area contributed by atoms with Gasteiger partial charge in [0.25, 0.3) is 0 Å². The first kappa shape index (κ1) is 15.9. The highest BCUT2D eigenvalue weighted by atomic mass is 16.2. The number of imidazole rings is 1. The van der Waals surface area contributed by atoms with Crippen molar-refractivity contribution in [3.63, 3.8) is 0 Å². The lowest BCUT2D eigenvalue weighted by Gasteiger charge is -2.25. The first-order valence-corrected chi connectivity index (χ1v) is 8.80. The van der Waals surface area contributed by atoms with Crippen LogP contribution in [0.3, 0.4) is 0 Å². The van der Waals surface area contributed by atoms with Crippen molar-refractivity contribution in [3.05, 3.63) is 48.0 Å². The highest BCUT2D eigenvalue weighted by Gasteiger charge is 2.38. The molecule has 3 heterocycles. The van der Waals surface area contributed by atoms with Gasteiger partial charge in [0.1, 0.15) is 11.7 Å². The number of anilines is 1. The topological polar surface area (TPSA) is 67.2 Å². The lowest BCUT2D eigenvalue weighted by molar-refractivity contribution is -0.132. The van der Waals surface area contributed by atoms with Crippen LogP contribution in [0.2, 0.25) is 0 Å². The quantitative estimate of drug-likeness (QED) is 0.866. The van der Waals surface area contributed by atoms with Crippen molar-refractivity contribution >= 4 is 17.5 Å². The molecule has 0 spiro atoms. The molecular weight excluding hydrogens is 316 g/mol. The number of hydrogen-bond donors (Lipinski definition) is 1. The molecule has 1 saturated heterocycles. The van der Waals surface area contributed by atoms with Crippen LogP contribution < -0.4 is 10.2 Å². The molecule has 2 aromatic rings. The van der Waals surface area contributed by atoms with E-state index in [1.54, 1.807) is 11.1 Å². The van der Waals surface area contributed by atoms with Crippen molar-refractivity contribution in [2.75, 3.05) is 11.4 Å². The van der Waals surface area contributed by atoms with E-state index in [0.717, 1.165) is 36.5 Å². The van der Waals surface area contributed by atoms with Crippen LogP contribution in [-0.2, 0) is 22.6 Å². The molecule has 0 bridgehead atoms. The third-order valence-corrected chi connectivity index (χ3v) is 5.15. The SMILES string of the molecule is Cc1ccc(N2CC[C@@H](C(=O)N[C@H]3CCc4nccn4C3)C2=O)cc1. The van der Waals surface area contributed by atoms with Gasteiger partial charge < -0.3 is 14.8 Å². The molecule has 2 atom stereocenters. The predicted octanol–water partition coefficient (Wildman–Crippen LogP) is 1.68. The van der Waals surface area contributed by atoms with E-state index in [1.807, 2.05) is 37.4 Å². The zero-order valence-corrected chi connectivity index (χ0v) is 14.3. The molecule has 2 aliphatic rings. The van der Waals surface area contributed by atoms with Gasteiger partial charge in [-0.1, -0.05) is 17.7 Å². The van der Waals surface area contributed by atoms with Crippen LogP contribution in [-0.4, -0.2) is 34.0 Å². The number of hydrogen-bond acceptors (Lipinski definition) is 3. The van der Waals surface area contributed by atoms with E-state index in [-0.39, 0.29) is 17.9 Å². The summed E-state index contributed by atoms with van der Waals surface area (Å²) in [6.07, 6.45) is 6.02. The summed E-state index contributed by atoms with van der Waals surface area (Å²) in [4.78, 5) is 31.3. The number of rotatable bonds is 3. The van der Waals surface area contributed by atoms with Gasteiger partial charge in [-0.3, -0.25) is 9.59 Å².